The maximum absolute atomic E-state index is 12.6. The van der Waals surface area contributed by atoms with E-state index in [9.17, 15) is 4.79 Å². The summed E-state index contributed by atoms with van der Waals surface area (Å²) in [5, 5.41) is 2.97. The van der Waals surface area contributed by atoms with Crippen molar-refractivity contribution in [1.82, 2.24) is 5.32 Å². The molecule has 0 fully saturated rings. The van der Waals surface area contributed by atoms with Crippen LogP contribution in [0, 0.1) is 6.92 Å². The van der Waals surface area contributed by atoms with Crippen LogP contribution in [0.25, 0.3) is 0 Å². The molecule has 0 bridgehead atoms. The Kier molecular flexibility index (Phi) is 7.33. The highest BCUT2D eigenvalue weighted by Gasteiger charge is 2.11. The lowest BCUT2D eigenvalue weighted by atomic mass is 10.1. The van der Waals surface area contributed by atoms with E-state index in [2.05, 4.69) is 5.32 Å². The fraction of sp³-hybridized carbons (Fsp3) is 0.240. The summed E-state index contributed by atoms with van der Waals surface area (Å²) in [6, 6.07) is 20.9. The molecule has 0 aromatic heterocycles. The van der Waals surface area contributed by atoms with Crippen LogP contribution in [0.3, 0.4) is 0 Å². The standard InChI is InChI=1S/C25H27NO4/c1-4-29-24-14-9-20(25(27)26-16-19-7-5-18(2)6-8-19)15-21(24)17-30-23-12-10-22(28-3)11-13-23/h5-15H,4,16-17H2,1-3H3,(H,26,27). The second kappa shape index (κ2) is 10.3. The van der Waals surface area contributed by atoms with Gasteiger partial charge >= 0.3 is 0 Å². The van der Waals surface area contributed by atoms with Crippen LogP contribution in [0.4, 0.5) is 0 Å². The van der Waals surface area contributed by atoms with Crippen molar-refractivity contribution in [2.75, 3.05) is 13.7 Å². The van der Waals surface area contributed by atoms with E-state index in [1.54, 1.807) is 13.2 Å². The van der Waals surface area contributed by atoms with Gasteiger partial charge in [0.25, 0.3) is 5.91 Å². The summed E-state index contributed by atoms with van der Waals surface area (Å²) in [4.78, 5) is 12.6. The first-order valence-corrected chi connectivity index (χ1v) is 9.95. The van der Waals surface area contributed by atoms with Crippen molar-refractivity contribution in [1.29, 1.82) is 0 Å². The number of methoxy groups -OCH3 is 1. The Morgan fingerprint density at radius 2 is 1.60 bits per heavy atom. The average molecular weight is 405 g/mol. The molecule has 0 aliphatic heterocycles. The molecule has 0 heterocycles. The molecule has 3 rings (SSSR count). The summed E-state index contributed by atoms with van der Waals surface area (Å²) >= 11 is 0. The van der Waals surface area contributed by atoms with Gasteiger partial charge in [-0.05, 0) is 61.9 Å². The van der Waals surface area contributed by atoms with Crippen LogP contribution in [-0.4, -0.2) is 19.6 Å². The number of hydrogen-bond donors (Lipinski definition) is 1. The van der Waals surface area contributed by atoms with Gasteiger partial charge in [-0.15, -0.1) is 0 Å². The number of amides is 1. The minimum atomic E-state index is -0.135. The zero-order chi connectivity index (χ0) is 21.3. The van der Waals surface area contributed by atoms with Crippen molar-refractivity contribution in [2.24, 2.45) is 0 Å². The fourth-order valence-corrected chi connectivity index (χ4v) is 2.95. The first kappa shape index (κ1) is 21.2. The predicted molar refractivity (Wildman–Crippen MR) is 117 cm³/mol. The Morgan fingerprint density at radius 3 is 2.27 bits per heavy atom. The summed E-state index contributed by atoms with van der Waals surface area (Å²) in [6.07, 6.45) is 0. The molecule has 5 heteroatoms. The lowest BCUT2D eigenvalue weighted by Crippen LogP contribution is -2.23. The van der Waals surface area contributed by atoms with Gasteiger partial charge in [0.1, 0.15) is 23.9 Å². The lowest BCUT2D eigenvalue weighted by molar-refractivity contribution is 0.0950. The normalized spacial score (nSPS) is 10.4. The molecule has 1 N–H and O–H groups in total. The smallest absolute Gasteiger partial charge is 0.251 e. The molecule has 0 spiro atoms. The zero-order valence-corrected chi connectivity index (χ0v) is 17.6. The molecule has 3 aromatic carbocycles. The van der Waals surface area contributed by atoms with Gasteiger partial charge in [0.15, 0.2) is 0 Å². The van der Waals surface area contributed by atoms with Crippen molar-refractivity contribution in [3.05, 3.63) is 89.0 Å². The van der Waals surface area contributed by atoms with Crippen LogP contribution in [-0.2, 0) is 13.2 Å². The van der Waals surface area contributed by atoms with Crippen LogP contribution in [0.2, 0.25) is 0 Å². The van der Waals surface area contributed by atoms with E-state index in [0.29, 0.717) is 36.8 Å². The molecular weight excluding hydrogens is 378 g/mol. The molecule has 30 heavy (non-hydrogen) atoms. The van der Waals surface area contributed by atoms with Gasteiger partial charge in [0.05, 0.1) is 13.7 Å². The molecular formula is C25H27NO4. The third-order valence-electron chi connectivity index (χ3n) is 4.65. The van der Waals surface area contributed by atoms with Gasteiger partial charge in [0.2, 0.25) is 0 Å². The lowest BCUT2D eigenvalue weighted by Gasteiger charge is -2.14. The van der Waals surface area contributed by atoms with Gasteiger partial charge in [-0.3, -0.25) is 4.79 Å². The quantitative estimate of drug-likeness (QED) is 0.549. The third kappa shape index (κ3) is 5.77. The molecule has 0 radical (unpaired) electrons. The van der Waals surface area contributed by atoms with Crippen molar-refractivity contribution < 1.29 is 19.0 Å². The minimum absolute atomic E-state index is 0.135. The number of nitrogens with one attached hydrogen (secondary N) is 1. The fourth-order valence-electron chi connectivity index (χ4n) is 2.95. The largest absolute Gasteiger partial charge is 0.497 e. The summed E-state index contributed by atoms with van der Waals surface area (Å²) in [5.41, 5.74) is 3.63. The van der Waals surface area contributed by atoms with Gasteiger partial charge in [-0.2, -0.15) is 0 Å². The molecule has 0 saturated carbocycles. The van der Waals surface area contributed by atoms with Crippen molar-refractivity contribution in [3.8, 4) is 17.2 Å². The van der Waals surface area contributed by atoms with E-state index in [-0.39, 0.29) is 5.91 Å². The van der Waals surface area contributed by atoms with E-state index in [0.717, 1.165) is 16.9 Å². The van der Waals surface area contributed by atoms with E-state index in [4.69, 9.17) is 14.2 Å². The Balaban J connectivity index is 1.68. The van der Waals surface area contributed by atoms with Crippen LogP contribution in [0.15, 0.2) is 66.7 Å². The first-order chi connectivity index (χ1) is 14.6. The SMILES string of the molecule is CCOc1ccc(C(=O)NCc2ccc(C)cc2)cc1COc1ccc(OC)cc1. The maximum atomic E-state index is 12.6. The van der Waals surface area contributed by atoms with E-state index >= 15 is 0 Å². The number of rotatable bonds is 9. The highest BCUT2D eigenvalue weighted by atomic mass is 16.5. The number of carbonyl (C=O) groups excluding carboxylic acids is 1. The van der Waals surface area contributed by atoms with Gasteiger partial charge in [-0.1, -0.05) is 29.8 Å². The average Bonchev–Trinajstić information content (AvgIpc) is 2.78. The molecule has 5 nitrogen and oxygen atoms in total. The number of carbonyl (C=O) groups is 1. The highest BCUT2D eigenvalue weighted by molar-refractivity contribution is 5.94. The summed E-state index contributed by atoms with van der Waals surface area (Å²) in [6.45, 7) is 5.27. The van der Waals surface area contributed by atoms with E-state index in [1.165, 1.54) is 5.56 Å². The van der Waals surface area contributed by atoms with Gasteiger partial charge in [-0.25, -0.2) is 0 Å². The van der Waals surface area contributed by atoms with Crippen molar-refractivity contribution >= 4 is 5.91 Å². The summed E-state index contributed by atoms with van der Waals surface area (Å²) < 4.78 is 16.8. The summed E-state index contributed by atoms with van der Waals surface area (Å²) in [5.74, 6) is 2.06. The molecule has 0 unspecified atom stereocenters. The van der Waals surface area contributed by atoms with E-state index < -0.39 is 0 Å². The highest BCUT2D eigenvalue weighted by Crippen LogP contribution is 2.24. The molecule has 0 saturated heterocycles. The Hall–Kier alpha value is -3.47. The second-order valence-corrected chi connectivity index (χ2v) is 6.89. The molecule has 0 atom stereocenters. The first-order valence-electron chi connectivity index (χ1n) is 9.95. The molecule has 0 aliphatic rings. The Morgan fingerprint density at radius 1 is 0.900 bits per heavy atom. The van der Waals surface area contributed by atoms with Gasteiger partial charge in [0, 0.05) is 17.7 Å². The second-order valence-electron chi connectivity index (χ2n) is 6.89. The summed E-state index contributed by atoms with van der Waals surface area (Å²) in [7, 11) is 1.62. The predicted octanol–water partition coefficient (Wildman–Crippen LogP) is 4.91. The van der Waals surface area contributed by atoms with Crippen LogP contribution in [0.1, 0.15) is 34.0 Å². The molecule has 3 aromatic rings. The van der Waals surface area contributed by atoms with Crippen LogP contribution >= 0.6 is 0 Å². The van der Waals surface area contributed by atoms with Crippen LogP contribution in [0.5, 0.6) is 17.2 Å². The number of hydrogen-bond acceptors (Lipinski definition) is 4. The Bertz CT molecular complexity index is 965. The molecule has 0 aliphatic carbocycles. The number of ether oxygens (including phenoxy) is 3. The zero-order valence-electron chi connectivity index (χ0n) is 17.6. The number of aryl methyl sites for hydroxylation is 1. The topological polar surface area (TPSA) is 56.8 Å². The van der Waals surface area contributed by atoms with Crippen molar-refractivity contribution in [3.63, 3.8) is 0 Å². The third-order valence-corrected chi connectivity index (χ3v) is 4.65. The maximum Gasteiger partial charge on any atom is 0.251 e. The van der Waals surface area contributed by atoms with Gasteiger partial charge < -0.3 is 19.5 Å². The Labute approximate surface area is 177 Å². The van der Waals surface area contributed by atoms with Crippen LogP contribution < -0.4 is 19.5 Å². The van der Waals surface area contributed by atoms with Crippen molar-refractivity contribution in [2.45, 2.75) is 27.0 Å². The van der Waals surface area contributed by atoms with E-state index in [1.807, 2.05) is 74.5 Å². The number of benzene rings is 3. The monoisotopic (exact) mass is 405 g/mol. The molecule has 156 valence electrons. The minimum Gasteiger partial charge on any atom is -0.497 e. The molecule has 1 amide bonds.